The van der Waals surface area contributed by atoms with E-state index >= 15 is 0 Å². The Hall–Kier alpha value is -2.12. The van der Waals surface area contributed by atoms with Gasteiger partial charge in [-0.05, 0) is 18.8 Å². The molecule has 1 atom stereocenters. The molecule has 0 saturated heterocycles. The summed E-state index contributed by atoms with van der Waals surface area (Å²) in [5, 5.41) is 18.1. The minimum atomic E-state index is -0.776. The van der Waals surface area contributed by atoms with E-state index < -0.39 is 5.97 Å². The molecule has 0 aromatic carbocycles. The predicted molar refractivity (Wildman–Crippen MR) is 76.5 cm³/mol. The zero-order valence-electron chi connectivity index (χ0n) is 12.5. The Morgan fingerprint density at radius 2 is 2.14 bits per heavy atom. The quantitative estimate of drug-likeness (QED) is 0.627. The summed E-state index contributed by atoms with van der Waals surface area (Å²) < 4.78 is 1.57. The summed E-state index contributed by atoms with van der Waals surface area (Å²) in [5.74, 6) is 0.0985. The monoisotopic (exact) mass is 297 g/mol. The lowest BCUT2D eigenvalue weighted by Gasteiger charge is -2.14. The van der Waals surface area contributed by atoms with Gasteiger partial charge in [0.1, 0.15) is 6.33 Å². The molecule has 0 saturated carbocycles. The van der Waals surface area contributed by atoms with Gasteiger partial charge in [0, 0.05) is 20.0 Å². The third-order valence-corrected chi connectivity index (χ3v) is 3.24. The molecule has 118 valence electrons. The molecule has 0 aliphatic rings. The lowest BCUT2D eigenvalue weighted by atomic mass is 9.97. The number of rotatable bonds is 9. The minimum Gasteiger partial charge on any atom is -0.481 e. The molecule has 0 radical (unpaired) electrons. The van der Waals surface area contributed by atoms with Crippen molar-refractivity contribution in [2.45, 2.75) is 39.2 Å². The number of carbonyl (C=O) groups excluding carboxylic acids is 1. The highest BCUT2D eigenvalue weighted by atomic mass is 16.4. The maximum Gasteiger partial charge on any atom is 0.315 e. The average Bonchev–Trinajstić information content (AvgIpc) is 2.86. The second kappa shape index (κ2) is 8.93. The van der Waals surface area contributed by atoms with Crippen molar-refractivity contribution in [3.8, 4) is 0 Å². The van der Waals surface area contributed by atoms with Gasteiger partial charge in [0.2, 0.25) is 0 Å². The molecular formula is C13H23N5O3. The van der Waals surface area contributed by atoms with Crippen LogP contribution in [0.4, 0.5) is 4.79 Å². The van der Waals surface area contributed by atoms with E-state index in [0.29, 0.717) is 24.7 Å². The lowest BCUT2D eigenvalue weighted by molar-refractivity contribution is -0.137. The van der Waals surface area contributed by atoms with Gasteiger partial charge in [-0.2, -0.15) is 5.10 Å². The number of urea groups is 1. The van der Waals surface area contributed by atoms with Gasteiger partial charge in [0.25, 0.3) is 0 Å². The highest BCUT2D eigenvalue weighted by molar-refractivity contribution is 5.73. The number of aromatic nitrogens is 3. The van der Waals surface area contributed by atoms with Crippen molar-refractivity contribution in [2.75, 3.05) is 6.54 Å². The van der Waals surface area contributed by atoms with Crippen molar-refractivity contribution < 1.29 is 14.7 Å². The van der Waals surface area contributed by atoms with Crippen molar-refractivity contribution in [3.05, 3.63) is 12.2 Å². The van der Waals surface area contributed by atoms with Gasteiger partial charge in [-0.25, -0.2) is 9.78 Å². The fraction of sp³-hybridized carbons (Fsp3) is 0.692. The van der Waals surface area contributed by atoms with Gasteiger partial charge >= 0.3 is 12.0 Å². The van der Waals surface area contributed by atoms with Gasteiger partial charge in [-0.15, -0.1) is 0 Å². The molecule has 3 N–H and O–H groups in total. The van der Waals surface area contributed by atoms with Crippen LogP contribution in [0.25, 0.3) is 0 Å². The van der Waals surface area contributed by atoms with E-state index in [2.05, 4.69) is 20.7 Å². The number of hydrogen-bond acceptors (Lipinski definition) is 4. The van der Waals surface area contributed by atoms with Crippen molar-refractivity contribution in [1.29, 1.82) is 0 Å². The predicted octanol–water partition coefficient (Wildman–Crippen LogP) is 0.895. The van der Waals surface area contributed by atoms with E-state index in [1.165, 1.54) is 0 Å². The van der Waals surface area contributed by atoms with Crippen LogP contribution in [0.3, 0.4) is 0 Å². The Labute approximate surface area is 123 Å². The maximum absolute atomic E-state index is 11.6. The molecule has 8 heteroatoms. The molecule has 1 aromatic rings. The SMILES string of the molecule is CCC(CCNC(=O)NCc1ncn(C)n1)CCC(=O)O. The van der Waals surface area contributed by atoms with Crippen molar-refractivity contribution in [2.24, 2.45) is 13.0 Å². The Kier molecular flexibility index (Phi) is 7.20. The van der Waals surface area contributed by atoms with Crippen LogP contribution in [-0.2, 0) is 18.4 Å². The fourth-order valence-electron chi connectivity index (χ4n) is 1.96. The largest absolute Gasteiger partial charge is 0.481 e. The Morgan fingerprint density at radius 3 is 2.71 bits per heavy atom. The molecule has 0 bridgehead atoms. The minimum absolute atomic E-state index is 0.177. The molecule has 1 heterocycles. The summed E-state index contributed by atoms with van der Waals surface area (Å²) in [5.41, 5.74) is 0. The number of nitrogens with one attached hydrogen (secondary N) is 2. The Morgan fingerprint density at radius 1 is 1.38 bits per heavy atom. The molecule has 1 rings (SSSR count). The first-order chi connectivity index (χ1) is 10.0. The first kappa shape index (κ1) is 16.9. The third kappa shape index (κ3) is 7.28. The van der Waals surface area contributed by atoms with Gasteiger partial charge in [-0.1, -0.05) is 13.3 Å². The standard InChI is InChI=1S/C13H23N5O3/c1-3-10(4-5-12(19)20)6-7-14-13(21)15-8-11-16-9-18(2)17-11/h9-10H,3-8H2,1-2H3,(H,19,20)(H2,14,15,21). The van der Waals surface area contributed by atoms with Crippen LogP contribution >= 0.6 is 0 Å². The topological polar surface area (TPSA) is 109 Å². The molecule has 21 heavy (non-hydrogen) atoms. The average molecular weight is 297 g/mol. The van der Waals surface area contributed by atoms with Crippen molar-refractivity contribution in [1.82, 2.24) is 25.4 Å². The number of carboxylic acid groups (broad SMARTS) is 1. The first-order valence-electron chi connectivity index (χ1n) is 7.09. The molecule has 0 aliphatic heterocycles. The van der Waals surface area contributed by atoms with Gasteiger partial charge < -0.3 is 15.7 Å². The fourth-order valence-corrected chi connectivity index (χ4v) is 1.96. The van der Waals surface area contributed by atoms with E-state index in [0.717, 1.165) is 12.8 Å². The van der Waals surface area contributed by atoms with E-state index in [4.69, 9.17) is 5.11 Å². The van der Waals surface area contributed by atoms with E-state index in [-0.39, 0.29) is 19.0 Å². The number of carbonyl (C=O) groups is 2. The zero-order chi connectivity index (χ0) is 15.7. The lowest BCUT2D eigenvalue weighted by Crippen LogP contribution is -2.36. The normalized spacial score (nSPS) is 11.9. The number of carboxylic acids is 1. The summed E-state index contributed by atoms with van der Waals surface area (Å²) in [6.45, 7) is 2.84. The highest BCUT2D eigenvalue weighted by Crippen LogP contribution is 2.14. The maximum atomic E-state index is 11.6. The van der Waals surface area contributed by atoms with Crippen LogP contribution in [0, 0.1) is 5.92 Å². The molecule has 0 aliphatic carbocycles. The van der Waals surface area contributed by atoms with E-state index in [1.807, 2.05) is 6.92 Å². The summed E-state index contributed by atoms with van der Waals surface area (Å²) >= 11 is 0. The molecule has 1 unspecified atom stereocenters. The molecule has 8 nitrogen and oxygen atoms in total. The number of amides is 2. The van der Waals surface area contributed by atoms with Crippen LogP contribution in [0.15, 0.2) is 6.33 Å². The van der Waals surface area contributed by atoms with Crippen LogP contribution in [0.2, 0.25) is 0 Å². The zero-order valence-corrected chi connectivity index (χ0v) is 12.5. The molecule has 0 fully saturated rings. The molecule has 1 aromatic heterocycles. The third-order valence-electron chi connectivity index (χ3n) is 3.24. The molecule has 2 amide bonds. The summed E-state index contributed by atoms with van der Waals surface area (Å²) in [6, 6.07) is -0.268. The second-order valence-corrected chi connectivity index (χ2v) is 4.94. The second-order valence-electron chi connectivity index (χ2n) is 4.94. The van der Waals surface area contributed by atoms with E-state index in [1.54, 1.807) is 18.1 Å². The number of nitrogens with zero attached hydrogens (tertiary/aromatic N) is 3. The Balaban J connectivity index is 2.15. The van der Waals surface area contributed by atoms with Crippen LogP contribution < -0.4 is 10.6 Å². The van der Waals surface area contributed by atoms with Gasteiger partial charge in [0.15, 0.2) is 5.82 Å². The van der Waals surface area contributed by atoms with Crippen LogP contribution in [0.1, 0.15) is 38.4 Å². The van der Waals surface area contributed by atoms with E-state index in [9.17, 15) is 9.59 Å². The molecule has 0 spiro atoms. The first-order valence-corrected chi connectivity index (χ1v) is 7.09. The molecular weight excluding hydrogens is 274 g/mol. The summed E-state index contributed by atoms with van der Waals surface area (Å²) in [6.07, 6.45) is 4.08. The summed E-state index contributed by atoms with van der Waals surface area (Å²) in [7, 11) is 1.76. The van der Waals surface area contributed by atoms with Crippen molar-refractivity contribution in [3.63, 3.8) is 0 Å². The Bertz CT molecular complexity index is 460. The van der Waals surface area contributed by atoms with Gasteiger partial charge in [0.05, 0.1) is 6.54 Å². The summed E-state index contributed by atoms with van der Waals surface area (Å²) in [4.78, 5) is 26.1. The van der Waals surface area contributed by atoms with Crippen LogP contribution in [0.5, 0.6) is 0 Å². The van der Waals surface area contributed by atoms with Crippen LogP contribution in [-0.4, -0.2) is 38.4 Å². The van der Waals surface area contributed by atoms with Gasteiger partial charge in [-0.3, -0.25) is 9.48 Å². The van der Waals surface area contributed by atoms with Crippen molar-refractivity contribution >= 4 is 12.0 Å². The smallest absolute Gasteiger partial charge is 0.315 e. The number of aryl methyl sites for hydroxylation is 1. The number of hydrogen-bond donors (Lipinski definition) is 3. The highest BCUT2D eigenvalue weighted by Gasteiger charge is 2.10. The number of aliphatic carboxylic acids is 1.